The summed E-state index contributed by atoms with van der Waals surface area (Å²) in [5, 5.41) is 5.56. The molecule has 2 aromatic rings. The fraction of sp³-hybridized carbons (Fsp3) is 0.333. The highest BCUT2D eigenvalue weighted by molar-refractivity contribution is 6.04. The van der Waals surface area contributed by atoms with Crippen molar-refractivity contribution in [3.8, 4) is 5.75 Å². The molecule has 0 fully saturated rings. The minimum absolute atomic E-state index is 0.128. The van der Waals surface area contributed by atoms with Crippen LogP contribution in [0.2, 0.25) is 0 Å². The first-order valence-corrected chi connectivity index (χ1v) is 9.01. The maximum atomic E-state index is 12.3. The molecule has 2 amide bonds. The maximum absolute atomic E-state index is 12.3. The molecule has 0 unspecified atom stereocenters. The highest BCUT2D eigenvalue weighted by atomic mass is 16.5. The molecule has 27 heavy (non-hydrogen) atoms. The van der Waals surface area contributed by atoms with Crippen molar-refractivity contribution in [3.05, 3.63) is 59.7 Å². The molecule has 144 valence electrons. The molecule has 0 aliphatic rings. The number of hydrogen-bond donors (Lipinski definition) is 2. The zero-order valence-corrected chi connectivity index (χ0v) is 15.8. The number of aryl methyl sites for hydroxylation is 1. The number of ether oxygens (including phenoxy) is 2. The van der Waals surface area contributed by atoms with Crippen LogP contribution in [0, 0.1) is 0 Å². The monoisotopic (exact) mass is 370 g/mol. The third-order valence-electron chi connectivity index (χ3n) is 3.93. The Bertz CT molecular complexity index is 761. The van der Waals surface area contributed by atoms with Gasteiger partial charge in [-0.3, -0.25) is 9.59 Å². The second-order valence-electron chi connectivity index (χ2n) is 5.99. The van der Waals surface area contributed by atoms with Gasteiger partial charge in [0.15, 0.2) is 6.61 Å². The van der Waals surface area contributed by atoms with Crippen LogP contribution in [0.5, 0.6) is 5.75 Å². The number of carbonyl (C=O) groups is 2. The summed E-state index contributed by atoms with van der Waals surface area (Å²) in [4.78, 5) is 24.6. The summed E-state index contributed by atoms with van der Waals surface area (Å²) < 4.78 is 10.5. The van der Waals surface area contributed by atoms with E-state index >= 15 is 0 Å². The second-order valence-corrected chi connectivity index (χ2v) is 5.99. The van der Waals surface area contributed by atoms with Crippen LogP contribution in [0.3, 0.4) is 0 Å². The van der Waals surface area contributed by atoms with Gasteiger partial charge >= 0.3 is 0 Å². The molecule has 0 radical (unpaired) electrons. The molecule has 0 aliphatic carbocycles. The molecule has 0 atom stereocenters. The van der Waals surface area contributed by atoms with Crippen LogP contribution in [0.25, 0.3) is 0 Å². The average Bonchev–Trinajstić information content (AvgIpc) is 2.70. The van der Waals surface area contributed by atoms with E-state index in [2.05, 4.69) is 17.6 Å². The standard InChI is InChI=1S/C21H26N2O4/c1-3-16-8-6-9-17(14-16)27-15-20(24)23-19-11-5-4-10-18(19)21(25)22-12-7-13-26-2/h4-6,8-11,14H,3,7,12-13,15H2,1-2H3,(H,22,25)(H,23,24). The molecule has 0 bridgehead atoms. The minimum atomic E-state index is -0.323. The number of amides is 2. The smallest absolute Gasteiger partial charge is 0.262 e. The number of rotatable bonds is 10. The molecular weight excluding hydrogens is 344 g/mol. The number of hydrogen-bond acceptors (Lipinski definition) is 4. The number of nitrogens with one attached hydrogen (secondary N) is 2. The molecule has 2 rings (SSSR count). The van der Waals surface area contributed by atoms with Gasteiger partial charge in [-0.05, 0) is 42.7 Å². The fourth-order valence-corrected chi connectivity index (χ4v) is 2.49. The van der Waals surface area contributed by atoms with E-state index in [4.69, 9.17) is 9.47 Å². The van der Waals surface area contributed by atoms with Gasteiger partial charge in [0.2, 0.25) is 0 Å². The van der Waals surface area contributed by atoms with E-state index in [9.17, 15) is 9.59 Å². The molecule has 0 saturated carbocycles. The predicted octanol–water partition coefficient (Wildman–Crippen LogP) is 3.03. The van der Waals surface area contributed by atoms with Crippen molar-refractivity contribution in [2.75, 3.05) is 32.2 Å². The van der Waals surface area contributed by atoms with Gasteiger partial charge in [-0.1, -0.05) is 31.2 Å². The van der Waals surface area contributed by atoms with Crippen LogP contribution in [-0.2, 0) is 16.0 Å². The first kappa shape index (κ1) is 20.5. The summed E-state index contributed by atoms with van der Waals surface area (Å²) in [5.74, 6) is 0.0868. The van der Waals surface area contributed by atoms with Gasteiger partial charge in [-0.2, -0.15) is 0 Å². The Morgan fingerprint density at radius 2 is 1.89 bits per heavy atom. The quantitative estimate of drug-likeness (QED) is 0.630. The van der Waals surface area contributed by atoms with Gasteiger partial charge in [-0.25, -0.2) is 0 Å². The van der Waals surface area contributed by atoms with Crippen molar-refractivity contribution >= 4 is 17.5 Å². The van der Waals surface area contributed by atoms with Crippen molar-refractivity contribution in [2.24, 2.45) is 0 Å². The number of methoxy groups -OCH3 is 1. The molecule has 0 aliphatic heterocycles. The third-order valence-corrected chi connectivity index (χ3v) is 3.93. The lowest BCUT2D eigenvalue weighted by Gasteiger charge is -2.12. The van der Waals surface area contributed by atoms with E-state index in [0.29, 0.717) is 30.2 Å². The van der Waals surface area contributed by atoms with Crippen LogP contribution in [0.1, 0.15) is 29.3 Å². The normalized spacial score (nSPS) is 10.3. The molecular formula is C21H26N2O4. The van der Waals surface area contributed by atoms with Crippen LogP contribution in [-0.4, -0.2) is 38.7 Å². The first-order chi connectivity index (χ1) is 13.1. The summed E-state index contributed by atoms with van der Waals surface area (Å²) in [6, 6.07) is 14.5. The number of benzene rings is 2. The predicted molar refractivity (Wildman–Crippen MR) is 105 cm³/mol. The lowest BCUT2D eigenvalue weighted by atomic mass is 10.1. The van der Waals surface area contributed by atoms with Crippen LogP contribution in [0.4, 0.5) is 5.69 Å². The van der Waals surface area contributed by atoms with E-state index < -0.39 is 0 Å². The SMILES string of the molecule is CCc1cccc(OCC(=O)Nc2ccccc2C(=O)NCCCOC)c1. The Morgan fingerprint density at radius 1 is 1.07 bits per heavy atom. The van der Waals surface area contributed by atoms with Gasteiger partial charge in [0.1, 0.15) is 5.75 Å². The number of anilines is 1. The van der Waals surface area contributed by atoms with Crippen LogP contribution < -0.4 is 15.4 Å². The summed E-state index contributed by atoms with van der Waals surface area (Å²) in [7, 11) is 1.62. The largest absolute Gasteiger partial charge is 0.484 e. The maximum Gasteiger partial charge on any atom is 0.262 e. The zero-order chi connectivity index (χ0) is 19.5. The van der Waals surface area contributed by atoms with Crippen molar-refractivity contribution in [3.63, 3.8) is 0 Å². The van der Waals surface area contributed by atoms with Crippen molar-refractivity contribution in [2.45, 2.75) is 19.8 Å². The lowest BCUT2D eigenvalue weighted by molar-refractivity contribution is -0.118. The molecule has 0 aromatic heterocycles. The highest BCUT2D eigenvalue weighted by Crippen LogP contribution is 2.16. The summed E-state index contributed by atoms with van der Waals surface area (Å²) in [5.41, 5.74) is 2.01. The van der Waals surface area contributed by atoms with E-state index in [-0.39, 0.29) is 18.4 Å². The second kappa shape index (κ2) is 11.0. The van der Waals surface area contributed by atoms with Gasteiger partial charge < -0.3 is 20.1 Å². The first-order valence-electron chi connectivity index (χ1n) is 9.01. The van der Waals surface area contributed by atoms with Gasteiger partial charge in [0.05, 0.1) is 11.3 Å². The van der Waals surface area contributed by atoms with Crippen LogP contribution >= 0.6 is 0 Å². The Balaban J connectivity index is 1.92. The van der Waals surface area contributed by atoms with Crippen molar-refractivity contribution in [1.29, 1.82) is 0 Å². The third kappa shape index (κ3) is 6.75. The molecule has 2 aromatic carbocycles. The van der Waals surface area contributed by atoms with Crippen molar-refractivity contribution in [1.82, 2.24) is 5.32 Å². The Morgan fingerprint density at radius 3 is 2.67 bits per heavy atom. The molecule has 0 spiro atoms. The summed E-state index contributed by atoms with van der Waals surface area (Å²) in [6.45, 7) is 3.01. The lowest BCUT2D eigenvalue weighted by Crippen LogP contribution is -2.27. The fourth-order valence-electron chi connectivity index (χ4n) is 2.49. The zero-order valence-electron chi connectivity index (χ0n) is 15.8. The number of carbonyl (C=O) groups excluding carboxylic acids is 2. The molecule has 6 nitrogen and oxygen atoms in total. The Hall–Kier alpha value is -2.86. The highest BCUT2D eigenvalue weighted by Gasteiger charge is 2.13. The van der Waals surface area contributed by atoms with E-state index in [1.807, 2.05) is 24.3 Å². The molecule has 2 N–H and O–H groups in total. The molecule has 0 heterocycles. The summed E-state index contributed by atoms with van der Waals surface area (Å²) >= 11 is 0. The van der Waals surface area contributed by atoms with Crippen molar-refractivity contribution < 1.29 is 19.1 Å². The molecule has 0 saturated heterocycles. The van der Waals surface area contributed by atoms with Crippen LogP contribution in [0.15, 0.2) is 48.5 Å². The molecule has 6 heteroatoms. The average molecular weight is 370 g/mol. The Labute approximate surface area is 159 Å². The minimum Gasteiger partial charge on any atom is -0.484 e. The number of para-hydroxylation sites is 1. The van der Waals surface area contributed by atoms with Gasteiger partial charge in [0.25, 0.3) is 11.8 Å². The van der Waals surface area contributed by atoms with Gasteiger partial charge in [-0.15, -0.1) is 0 Å². The topological polar surface area (TPSA) is 76.7 Å². The van der Waals surface area contributed by atoms with E-state index in [1.54, 1.807) is 31.4 Å². The Kier molecular flexibility index (Phi) is 8.32. The van der Waals surface area contributed by atoms with E-state index in [0.717, 1.165) is 18.4 Å². The van der Waals surface area contributed by atoms with E-state index in [1.165, 1.54) is 0 Å². The van der Waals surface area contributed by atoms with Gasteiger partial charge in [0, 0.05) is 20.3 Å². The summed E-state index contributed by atoms with van der Waals surface area (Å²) in [6.07, 6.45) is 1.62.